The molecule has 7 heteroatoms. The van der Waals surface area contributed by atoms with Crippen molar-refractivity contribution >= 4 is 23.3 Å². The van der Waals surface area contributed by atoms with Crippen molar-refractivity contribution in [1.29, 1.82) is 0 Å². The van der Waals surface area contributed by atoms with E-state index in [0.717, 1.165) is 5.69 Å². The Morgan fingerprint density at radius 2 is 2.29 bits per heavy atom. The number of hydrogen-bond acceptors (Lipinski definition) is 4. The fraction of sp³-hybridized carbons (Fsp3) is 0.500. The van der Waals surface area contributed by atoms with Gasteiger partial charge in [0.05, 0.1) is 17.7 Å². The molecular weight excluding hydrogens is 242 g/mol. The third kappa shape index (κ3) is 4.39. The second kappa shape index (κ2) is 6.19. The molecule has 0 unspecified atom stereocenters. The molecule has 2 amide bonds. The number of nitrogens with zero attached hydrogens (tertiary/aromatic N) is 2. The number of urea groups is 1. The van der Waals surface area contributed by atoms with Crippen molar-refractivity contribution < 1.29 is 14.7 Å². The first-order chi connectivity index (χ1) is 8.00. The summed E-state index contributed by atoms with van der Waals surface area (Å²) in [5.41, 5.74) is 2.45. The number of carboxylic acid groups (broad SMARTS) is 1. The normalized spacial score (nSPS) is 10.3. The predicted octanol–water partition coefficient (Wildman–Crippen LogP) is 1.15. The zero-order chi connectivity index (χ0) is 12.8. The molecule has 0 saturated heterocycles. The van der Waals surface area contributed by atoms with Crippen molar-refractivity contribution in [2.24, 2.45) is 0 Å². The lowest BCUT2D eigenvalue weighted by atomic mass is 10.3. The summed E-state index contributed by atoms with van der Waals surface area (Å²) in [7, 11) is 0. The standard InChI is InChI=1S/C10H15N3O3S/c1-7(2)13(4-9(14)15)10(16)11-3-8-5-17-6-12-8/h5-7H,3-4H2,1-2H3,(H,11,16)(H,14,15). The van der Waals surface area contributed by atoms with Gasteiger partial charge in [-0.3, -0.25) is 4.79 Å². The van der Waals surface area contributed by atoms with Gasteiger partial charge >= 0.3 is 12.0 Å². The molecule has 0 aliphatic rings. The van der Waals surface area contributed by atoms with Gasteiger partial charge in [0.25, 0.3) is 0 Å². The molecule has 0 atom stereocenters. The SMILES string of the molecule is CC(C)N(CC(=O)O)C(=O)NCc1cscn1. The highest BCUT2D eigenvalue weighted by Gasteiger charge is 2.19. The number of carboxylic acids is 1. The van der Waals surface area contributed by atoms with Gasteiger partial charge in [-0.05, 0) is 13.8 Å². The summed E-state index contributed by atoms with van der Waals surface area (Å²) in [6.07, 6.45) is 0. The lowest BCUT2D eigenvalue weighted by Crippen LogP contribution is -2.46. The van der Waals surface area contributed by atoms with Crippen LogP contribution in [0.5, 0.6) is 0 Å². The van der Waals surface area contributed by atoms with Gasteiger partial charge in [0.2, 0.25) is 0 Å². The van der Waals surface area contributed by atoms with Crippen LogP contribution in [0, 0.1) is 0 Å². The number of thiazole rings is 1. The molecule has 0 saturated carbocycles. The number of carbonyl (C=O) groups excluding carboxylic acids is 1. The minimum Gasteiger partial charge on any atom is -0.480 e. The van der Waals surface area contributed by atoms with Crippen molar-refractivity contribution in [3.05, 3.63) is 16.6 Å². The van der Waals surface area contributed by atoms with Crippen molar-refractivity contribution in [2.45, 2.75) is 26.4 Å². The molecule has 17 heavy (non-hydrogen) atoms. The summed E-state index contributed by atoms with van der Waals surface area (Å²) < 4.78 is 0. The quantitative estimate of drug-likeness (QED) is 0.829. The van der Waals surface area contributed by atoms with E-state index in [2.05, 4.69) is 10.3 Å². The number of aromatic nitrogens is 1. The maximum atomic E-state index is 11.7. The van der Waals surface area contributed by atoms with Crippen molar-refractivity contribution in [1.82, 2.24) is 15.2 Å². The van der Waals surface area contributed by atoms with E-state index in [9.17, 15) is 9.59 Å². The molecule has 94 valence electrons. The van der Waals surface area contributed by atoms with Gasteiger partial charge in [-0.2, -0.15) is 0 Å². The molecule has 2 N–H and O–H groups in total. The molecule has 1 aromatic heterocycles. The number of aliphatic carboxylic acids is 1. The number of rotatable bonds is 5. The molecule has 1 aromatic rings. The maximum absolute atomic E-state index is 11.7. The Labute approximate surface area is 103 Å². The fourth-order valence-electron chi connectivity index (χ4n) is 1.23. The maximum Gasteiger partial charge on any atom is 0.323 e. The fourth-order valence-corrected chi connectivity index (χ4v) is 1.79. The van der Waals surface area contributed by atoms with Crippen molar-refractivity contribution in [3.8, 4) is 0 Å². The van der Waals surface area contributed by atoms with Crippen LogP contribution in [0.3, 0.4) is 0 Å². The van der Waals surface area contributed by atoms with Crippen LogP contribution < -0.4 is 5.32 Å². The molecule has 0 spiro atoms. The van der Waals surface area contributed by atoms with E-state index in [1.807, 2.05) is 5.38 Å². The van der Waals surface area contributed by atoms with E-state index >= 15 is 0 Å². The molecule has 0 aliphatic carbocycles. The van der Waals surface area contributed by atoms with Crippen LogP contribution in [0.4, 0.5) is 4.79 Å². The van der Waals surface area contributed by atoms with Crippen molar-refractivity contribution in [3.63, 3.8) is 0 Å². The van der Waals surface area contributed by atoms with Crippen LogP contribution in [0.25, 0.3) is 0 Å². The van der Waals surface area contributed by atoms with E-state index in [-0.39, 0.29) is 12.6 Å². The van der Waals surface area contributed by atoms with Crippen LogP contribution in [0.2, 0.25) is 0 Å². The molecule has 0 bridgehead atoms. The largest absolute Gasteiger partial charge is 0.480 e. The first kappa shape index (κ1) is 13.4. The van der Waals surface area contributed by atoms with Gasteiger partial charge in [-0.25, -0.2) is 9.78 Å². The summed E-state index contributed by atoms with van der Waals surface area (Å²) in [5.74, 6) is -1.03. The van der Waals surface area contributed by atoms with E-state index < -0.39 is 12.0 Å². The average Bonchev–Trinajstić information content (AvgIpc) is 2.74. The third-order valence-electron chi connectivity index (χ3n) is 2.09. The van der Waals surface area contributed by atoms with Crippen molar-refractivity contribution in [2.75, 3.05) is 6.54 Å². The van der Waals surface area contributed by atoms with Gasteiger partial charge < -0.3 is 15.3 Å². The number of amides is 2. The number of nitrogens with one attached hydrogen (secondary N) is 1. The highest BCUT2D eigenvalue weighted by Crippen LogP contribution is 2.02. The van der Waals surface area contributed by atoms with E-state index in [4.69, 9.17) is 5.11 Å². The Morgan fingerprint density at radius 1 is 1.59 bits per heavy atom. The molecule has 0 radical (unpaired) electrons. The van der Waals surface area contributed by atoms with E-state index in [1.165, 1.54) is 16.2 Å². The zero-order valence-electron chi connectivity index (χ0n) is 9.71. The molecular formula is C10H15N3O3S. The highest BCUT2D eigenvalue weighted by atomic mass is 32.1. The zero-order valence-corrected chi connectivity index (χ0v) is 10.5. The number of carbonyl (C=O) groups is 2. The van der Waals surface area contributed by atoms with Crippen LogP contribution in [-0.4, -0.2) is 39.6 Å². The Kier molecular flexibility index (Phi) is 4.89. The molecule has 6 nitrogen and oxygen atoms in total. The first-order valence-corrected chi connectivity index (χ1v) is 6.08. The van der Waals surface area contributed by atoms with Gasteiger partial charge in [-0.15, -0.1) is 11.3 Å². The lowest BCUT2D eigenvalue weighted by molar-refractivity contribution is -0.138. The first-order valence-electron chi connectivity index (χ1n) is 5.14. The second-order valence-electron chi connectivity index (χ2n) is 3.75. The molecule has 0 aliphatic heterocycles. The third-order valence-corrected chi connectivity index (χ3v) is 2.73. The van der Waals surface area contributed by atoms with E-state index in [1.54, 1.807) is 19.4 Å². The summed E-state index contributed by atoms with van der Waals surface area (Å²) >= 11 is 1.45. The van der Waals surface area contributed by atoms with E-state index in [0.29, 0.717) is 6.54 Å². The summed E-state index contributed by atoms with van der Waals surface area (Å²) in [6, 6.07) is -0.558. The van der Waals surface area contributed by atoms with Gasteiger partial charge in [0.15, 0.2) is 0 Å². The topological polar surface area (TPSA) is 82.5 Å². The smallest absolute Gasteiger partial charge is 0.323 e. The predicted molar refractivity (Wildman–Crippen MR) is 63.8 cm³/mol. The Hall–Kier alpha value is -1.63. The summed E-state index contributed by atoms with van der Waals surface area (Å²) in [4.78, 5) is 27.6. The van der Waals surface area contributed by atoms with Gasteiger partial charge in [-0.1, -0.05) is 0 Å². The molecule has 1 heterocycles. The Balaban J connectivity index is 2.50. The van der Waals surface area contributed by atoms with Crippen LogP contribution in [0.15, 0.2) is 10.9 Å². The van der Waals surface area contributed by atoms with Crippen LogP contribution in [0.1, 0.15) is 19.5 Å². The van der Waals surface area contributed by atoms with Gasteiger partial charge in [0.1, 0.15) is 6.54 Å². The summed E-state index contributed by atoms with van der Waals surface area (Å²) in [5, 5.41) is 13.2. The minimum absolute atomic E-state index is 0.165. The summed E-state index contributed by atoms with van der Waals surface area (Å²) in [6.45, 7) is 3.54. The Bertz CT molecular complexity index is 378. The second-order valence-corrected chi connectivity index (χ2v) is 4.47. The molecule has 0 fully saturated rings. The monoisotopic (exact) mass is 257 g/mol. The van der Waals surface area contributed by atoms with Crippen LogP contribution >= 0.6 is 11.3 Å². The van der Waals surface area contributed by atoms with Crippen LogP contribution in [-0.2, 0) is 11.3 Å². The number of hydrogen-bond donors (Lipinski definition) is 2. The van der Waals surface area contributed by atoms with Gasteiger partial charge in [0, 0.05) is 11.4 Å². The minimum atomic E-state index is -1.03. The lowest BCUT2D eigenvalue weighted by Gasteiger charge is -2.24. The molecule has 0 aromatic carbocycles. The average molecular weight is 257 g/mol. The Morgan fingerprint density at radius 3 is 2.76 bits per heavy atom. The molecule has 1 rings (SSSR count). The highest BCUT2D eigenvalue weighted by molar-refractivity contribution is 7.07.